The van der Waals surface area contributed by atoms with Crippen LogP contribution in [0.15, 0.2) is 65.2 Å². The van der Waals surface area contributed by atoms with Gasteiger partial charge in [-0.1, -0.05) is 54.2 Å². The van der Waals surface area contributed by atoms with Gasteiger partial charge in [0.2, 0.25) is 0 Å². The predicted molar refractivity (Wildman–Crippen MR) is 101 cm³/mol. The molecule has 1 heterocycles. The SMILES string of the molecule is N#CC1=C(N)SC(=N)[C@@H](C#N)[C@H]1c1ccc(OCc2ccccc2)cc1. The summed E-state index contributed by atoms with van der Waals surface area (Å²) in [4.78, 5) is 0. The van der Waals surface area contributed by atoms with Gasteiger partial charge in [0.1, 0.15) is 18.3 Å². The van der Waals surface area contributed by atoms with E-state index in [4.69, 9.17) is 15.9 Å². The molecule has 3 N–H and O–H groups in total. The fraction of sp³-hybridized carbons (Fsp3) is 0.150. The Morgan fingerprint density at radius 2 is 1.77 bits per heavy atom. The largest absolute Gasteiger partial charge is 0.489 e. The zero-order chi connectivity index (χ0) is 18.5. The van der Waals surface area contributed by atoms with Crippen LogP contribution in [0.1, 0.15) is 17.0 Å². The molecule has 6 heteroatoms. The van der Waals surface area contributed by atoms with E-state index in [-0.39, 0.29) is 5.04 Å². The molecule has 0 aromatic heterocycles. The Morgan fingerprint density at radius 1 is 1.08 bits per heavy atom. The summed E-state index contributed by atoms with van der Waals surface area (Å²) in [6.45, 7) is 0.460. The van der Waals surface area contributed by atoms with Gasteiger partial charge in [-0.15, -0.1) is 0 Å². The molecule has 2 aromatic carbocycles. The number of benzene rings is 2. The van der Waals surface area contributed by atoms with Gasteiger partial charge >= 0.3 is 0 Å². The third-order valence-corrected chi connectivity index (χ3v) is 5.07. The van der Waals surface area contributed by atoms with Crippen molar-refractivity contribution in [1.82, 2.24) is 0 Å². The molecule has 0 amide bonds. The lowest BCUT2D eigenvalue weighted by molar-refractivity contribution is 0.306. The highest BCUT2D eigenvalue weighted by atomic mass is 32.2. The number of nitriles is 2. The lowest BCUT2D eigenvalue weighted by Crippen LogP contribution is -2.26. The number of allylic oxidation sites excluding steroid dienone is 1. The Kier molecular flexibility index (Phi) is 5.26. The van der Waals surface area contributed by atoms with Crippen LogP contribution < -0.4 is 10.5 Å². The van der Waals surface area contributed by atoms with Gasteiger partial charge in [-0.05, 0) is 23.3 Å². The molecule has 26 heavy (non-hydrogen) atoms. The highest BCUT2D eigenvalue weighted by molar-refractivity contribution is 8.17. The van der Waals surface area contributed by atoms with Crippen molar-refractivity contribution in [3.05, 3.63) is 76.3 Å². The first-order valence-corrected chi connectivity index (χ1v) is 8.78. The second-order valence-corrected chi connectivity index (χ2v) is 6.87. The standard InChI is InChI=1S/C20H16N4OS/c21-10-16-18(17(11-22)20(24)26-19(16)23)14-6-8-15(9-7-14)25-12-13-4-2-1-3-5-13/h1-9,16,18,23H,12,24H2/t16-,18+/m0/s1. The highest BCUT2D eigenvalue weighted by Gasteiger charge is 2.36. The Hall–Kier alpha value is -3.22. The Balaban J connectivity index is 1.82. The summed E-state index contributed by atoms with van der Waals surface area (Å²) >= 11 is 0.985. The van der Waals surface area contributed by atoms with E-state index < -0.39 is 11.8 Å². The fourth-order valence-electron chi connectivity index (χ4n) is 2.84. The van der Waals surface area contributed by atoms with Crippen LogP contribution in [0.3, 0.4) is 0 Å². The van der Waals surface area contributed by atoms with Gasteiger partial charge in [-0.3, -0.25) is 5.41 Å². The van der Waals surface area contributed by atoms with Crippen molar-refractivity contribution in [1.29, 1.82) is 15.9 Å². The molecule has 0 bridgehead atoms. The van der Waals surface area contributed by atoms with Crippen molar-refractivity contribution in [3.8, 4) is 17.9 Å². The van der Waals surface area contributed by atoms with Crippen molar-refractivity contribution in [2.24, 2.45) is 11.7 Å². The predicted octanol–water partition coefficient (Wildman–Crippen LogP) is 3.91. The van der Waals surface area contributed by atoms with E-state index >= 15 is 0 Å². The van der Waals surface area contributed by atoms with Gasteiger partial charge in [0.25, 0.3) is 0 Å². The Morgan fingerprint density at radius 3 is 2.38 bits per heavy atom. The van der Waals surface area contributed by atoms with Crippen LogP contribution in [0.2, 0.25) is 0 Å². The van der Waals surface area contributed by atoms with Gasteiger partial charge in [0, 0.05) is 5.92 Å². The summed E-state index contributed by atoms with van der Waals surface area (Å²) < 4.78 is 5.77. The van der Waals surface area contributed by atoms with Gasteiger partial charge in [-0.25, -0.2) is 0 Å². The van der Waals surface area contributed by atoms with E-state index in [2.05, 4.69) is 12.1 Å². The van der Waals surface area contributed by atoms with E-state index in [9.17, 15) is 10.5 Å². The molecule has 0 radical (unpaired) electrons. The molecule has 0 fully saturated rings. The second kappa shape index (κ2) is 7.77. The molecule has 0 aliphatic carbocycles. The van der Waals surface area contributed by atoms with Gasteiger partial charge in [0.15, 0.2) is 0 Å². The number of hydrogen-bond acceptors (Lipinski definition) is 6. The molecular formula is C20H16N4OS. The van der Waals surface area contributed by atoms with Crippen molar-refractivity contribution < 1.29 is 4.74 Å². The molecule has 128 valence electrons. The summed E-state index contributed by atoms with van der Waals surface area (Å²) in [6.07, 6.45) is 0. The lowest BCUT2D eigenvalue weighted by Gasteiger charge is -2.27. The topological polar surface area (TPSA) is 107 Å². The molecule has 0 saturated carbocycles. The van der Waals surface area contributed by atoms with Crippen LogP contribution in [0, 0.1) is 34.0 Å². The Bertz CT molecular complexity index is 923. The zero-order valence-corrected chi connectivity index (χ0v) is 14.7. The van der Waals surface area contributed by atoms with E-state index in [1.54, 1.807) is 0 Å². The number of nitrogens with two attached hydrogens (primary N) is 1. The number of nitrogens with one attached hydrogen (secondary N) is 1. The minimum Gasteiger partial charge on any atom is -0.489 e. The van der Waals surface area contributed by atoms with Crippen molar-refractivity contribution >= 4 is 16.8 Å². The Labute approximate surface area is 156 Å². The van der Waals surface area contributed by atoms with Gasteiger partial charge in [-0.2, -0.15) is 10.5 Å². The van der Waals surface area contributed by atoms with E-state index in [1.807, 2.05) is 54.6 Å². The summed E-state index contributed by atoms with van der Waals surface area (Å²) in [7, 11) is 0. The maximum absolute atomic E-state index is 9.46. The number of nitrogens with zero attached hydrogens (tertiary/aromatic N) is 2. The minimum absolute atomic E-state index is 0.165. The molecule has 1 aliphatic rings. The number of rotatable bonds is 4. The summed E-state index contributed by atoms with van der Waals surface area (Å²) in [6, 6.07) is 21.3. The van der Waals surface area contributed by atoms with Crippen LogP contribution in [0.25, 0.3) is 0 Å². The first-order chi connectivity index (χ1) is 12.6. The molecule has 2 atom stereocenters. The summed E-state index contributed by atoms with van der Waals surface area (Å²) in [5.41, 5.74) is 8.10. The highest BCUT2D eigenvalue weighted by Crippen LogP contribution is 2.42. The van der Waals surface area contributed by atoms with Crippen LogP contribution in [0.4, 0.5) is 0 Å². The van der Waals surface area contributed by atoms with Gasteiger partial charge < -0.3 is 10.5 Å². The van der Waals surface area contributed by atoms with E-state index in [1.165, 1.54) is 0 Å². The summed E-state index contributed by atoms with van der Waals surface area (Å²) in [5.74, 6) is -0.540. The van der Waals surface area contributed by atoms with Crippen LogP contribution in [-0.2, 0) is 6.61 Å². The van der Waals surface area contributed by atoms with Crippen LogP contribution >= 0.6 is 11.8 Å². The van der Waals surface area contributed by atoms with Crippen molar-refractivity contribution in [3.63, 3.8) is 0 Å². The molecule has 1 aliphatic heterocycles. The van der Waals surface area contributed by atoms with Gasteiger partial charge in [0.05, 0.1) is 27.8 Å². The molecule has 0 spiro atoms. The molecule has 5 nitrogen and oxygen atoms in total. The van der Waals surface area contributed by atoms with Crippen LogP contribution in [-0.4, -0.2) is 5.04 Å². The smallest absolute Gasteiger partial charge is 0.119 e. The third kappa shape index (κ3) is 3.56. The number of hydrogen-bond donors (Lipinski definition) is 2. The van der Waals surface area contributed by atoms with Crippen molar-refractivity contribution in [2.45, 2.75) is 12.5 Å². The average Bonchev–Trinajstić information content (AvgIpc) is 2.67. The average molecular weight is 360 g/mol. The summed E-state index contributed by atoms with van der Waals surface area (Å²) in [5, 5.41) is 27.4. The third-order valence-electron chi connectivity index (χ3n) is 4.16. The first kappa shape index (κ1) is 17.6. The molecular weight excluding hydrogens is 344 g/mol. The zero-order valence-electron chi connectivity index (χ0n) is 13.8. The van der Waals surface area contributed by atoms with E-state index in [0.29, 0.717) is 23.0 Å². The normalized spacial score (nSPS) is 19.5. The van der Waals surface area contributed by atoms with E-state index in [0.717, 1.165) is 22.9 Å². The maximum atomic E-state index is 9.46. The monoisotopic (exact) mass is 360 g/mol. The second-order valence-electron chi connectivity index (χ2n) is 5.78. The molecule has 0 unspecified atom stereocenters. The van der Waals surface area contributed by atoms with Crippen LogP contribution in [0.5, 0.6) is 5.75 Å². The minimum atomic E-state index is -0.710. The quantitative estimate of drug-likeness (QED) is 0.860. The lowest BCUT2D eigenvalue weighted by atomic mass is 9.82. The maximum Gasteiger partial charge on any atom is 0.119 e. The number of thioether (sulfide) groups is 1. The van der Waals surface area contributed by atoms with Crippen molar-refractivity contribution in [2.75, 3.05) is 0 Å². The fourth-order valence-corrected chi connectivity index (χ4v) is 3.67. The molecule has 2 aromatic rings. The number of ether oxygens (including phenoxy) is 1. The molecule has 0 saturated heterocycles. The molecule has 3 rings (SSSR count). The first-order valence-electron chi connectivity index (χ1n) is 7.96.